The van der Waals surface area contributed by atoms with Gasteiger partial charge in [0.1, 0.15) is 0 Å². The molecule has 0 aromatic carbocycles. The van der Waals surface area contributed by atoms with Crippen LogP contribution in [-0.4, -0.2) is 23.7 Å². The van der Waals surface area contributed by atoms with Gasteiger partial charge in [0.25, 0.3) is 0 Å². The second-order valence-corrected chi connectivity index (χ2v) is 3.54. The van der Waals surface area contributed by atoms with Crippen molar-refractivity contribution < 1.29 is 9.90 Å². The second-order valence-electron chi connectivity index (χ2n) is 3.54. The largest absolute Gasteiger partial charge is 0.481 e. The van der Waals surface area contributed by atoms with E-state index in [2.05, 4.69) is 19.2 Å². The van der Waals surface area contributed by atoms with E-state index in [1.807, 2.05) is 0 Å². The number of hydrogen-bond acceptors (Lipinski definition) is 2. The number of hydrogen-bond donors (Lipinski definition) is 2. The zero-order chi connectivity index (χ0) is 10.3. The Morgan fingerprint density at radius 3 is 2.46 bits per heavy atom. The Balaban J connectivity index is 3.64. The van der Waals surface area contributed by atoms with Crippen LogP contribution in [0.1, 0.15) is 40.0 Å². The van der Waals surface area contributed by atoms with Gasteiger partial charge in [-0.15, -0.1) is 0 Å². The summed E-state index contributed by atoms with van der Waals surface area (Å²) >= 11 is 0. The Kier molecular flexibility index (Phi) is 6.59. The molecular weight excluding hydrogens is 166 g/mol. The van der Waals surface area contributed by atoms with Crippen LogP contribution in [0.3, 0.4) is 0 Å². The monoisotopic (exact) mass is 187 g/mol. The second kappa shape index (κ2) is 6.89. The summed E-state index contributed by atoms with van der Waals surface area (Å²) in [6, 6.07) is 0.479. The molecule has 0 saturated heterocycles. The van der Waals surface area contributed by atoms with E-state index in [1.165, 1.54) is 0 Å². The molecule has 0 aromatic rings. The van der Waals surface area contributed by atoms with Crippen LogP contribution in [0.4, 0.5) is 0 Å². The molecule has 0 fully saturated rings. The lowest BCUT2D eigenvalue weighted by Crippen LogP contribution is -2.34. The number of rotatable bonds is 7. The number of nitrogens with one attached hydrogen (secondary N) is 1. The van der Waals surface area contributed by atoms with Gasteiger partial charge in [0.2, 0.25) is 0 Å². The topological polar surface area (TPSA) is 49.3 Å². The van der Waals surface area contributed by atoms with Crippen LogP contribution in [0.2, 0.25) is 0 Å². The predicted molar refractivity (Wildman–Crippen MR) is 53.8 cm³/mol. The van der Waals surface area contributed by atoms with E-state index in [0.717, 1.165) is 19.3 Å². The molecule has 0 amide bonds. The minimum atomic E-state index is -0.723. The Hall–Kier alpha value is -0.570. The highest BCUT2D eigenvalue weighted by molar-refractivity contribution is 5.69. The maximum Gasteiger partial charge on any atom is 0.307 e. The summed E-state index contributed by atoms with van der Waals surface area (Å²) in [6.07, 6.45) is 3.34. The van der Waals surface area contributed by atoms with Crippen molar-refractivity contribution in [2.75, 3.05) is 6.54 Å². The molecule has 0 saturated carbocycles. The van der Waals surface area contributed by atoms with E-state index in [0.29, 0.717) is 12.6 Å². The molecule has 0 radical (unpaired) electrons. The minimum absolute atomic E-state index is 0.286. The lowest BCUT2D eigenvalue weighted by Gasteiger charge is -2.17. The van der Waals surface area contributed by atoms with E-state index in [-0.39, 0.29) is 5.92 Å². The molecule has 0 spiro atoms. The van der Waals surface area contributed by atoms with Crippen molar-refractivity contribution in [3.8, 4) is 0 Å². The van der Waals surface area contributed by atoms with Crippen LogP contribution >= 0.6 is 0 Å². The average molecular weight is 187 g/mol. The molecule has 2 N–H and O–H groups in total. The third-order valence-electron chi connectivity index (χ3n) is 2.26. The number of carboxylic acids is 1. The SMILES string of the molecule is CCCC(CC)NCC(C)C(=O)O. The summed E-state index contributed by atoms with van der Waals surface area (Å²) in [5.41, 5.74) is 0. The fourth-order valence-corrected chi connectivity index (χ4v) is 1.23. The fraction of sp³-hybridized carbons (Fsp3) is 0.900. The highest BCUT2D eigenvalue weighted by Crippen LogP contribution is 2.02. The molecule has 78 valence electrons. The maximum absolute atomic E-state index is 10.5. The first-order valence-electron chi connectivity index (χ1n) is 5.07. The first kappa shape index (κ1) is 12.4. The van der Waals surface area contributed by atoms with Crippen LogP contribution in [0.15, 0.2) is 0 Å². The highest BCUT2D eigenvalue weighted by atomic mass is 16.4. The normalized spacial score (nSPS) is 15.3. The molecule has 0 aliphatic carbocycles. The summed E-state index contributed by atoms with van der Waals surface area (Å²) < 4.78 is 0. The Labute approximate surface area is 80.5 Å². The van der Waals surface area contributed by atoms with Gasteiger partial charge in [-0.25, -0.2) is 0 Å². The molecule has 13 heavy (non-hydrogen) atoms. The van der Waals surface area contributed by atoms with Gasteiger partial charge in [0.05, 0.1) is 5.92 Å². The number of aliphatic carboxylic acids is 1. The maximum atomic E-state index is 10.5. The van der Waals surface area contributed by atoms with Crippen LogP contribution < -0.4 is 5.32 Å². The van der Waals surface area contributed by atoms with Crippen LogP contribution in [-0.2, 0) is 4.79 Å². The predicted octanol–water partition coefficient (Wildman–Crippen LogP) is 1.88. The molecule has 2 unspecified atom stereocenters. The van der Waals surface area contributed by atoms with Crippen molar-refractivity contribution >= 4 is 5.97 Å². The minimum Gasteiger partial charge on any atom is -0.481 e. The third-order valence-corrected chi connectivity index (χ3v) is 2.26. The molecule has 0 aromatic heterocycles. The molecule has 0 bridgehead atoms. The first-order chi connectivity index (χ1) is 6.11. The van der Waals surface area contributed by atoms with Crippen LogP contribution in [0, 0.1) is 5.92 Å². The van der Waals surface area contributed by atoms with E-state index in [1.54, 1.807) is 6.92 Å². The zero-order valence-electron chi connectivity index (χ0n) is 8.84. The van der Waals surface area contributed by atoms with Crippen molar-refractivity contribution in [2.24, 2.45) is 5.92 Å². The van der Waals surface area contributed by atoms with Gasteiger partial charge in [-0.1, -0.05) is 27.2 Å². The Morgan fingerprint density at radius 2 is 2.08 bits per heavy atom. The molecule has 0 aliphatic heterocycles. The Morgan fingerprint density at radius 1 is 1.46 bits per heavy atom. The zero-order valence-corrected chi connectivity index (χ0v) is 8.84. The van der Waals surface area contributed by atoms with Gasteiger partial charge >= 0.3 is 5.97 Å². The molecule has 3 heteroatoms. The fourth-order valence-electron chi connectivity index (χ4n) is 1.23. The molecular formula is C10H21NO2. The number of carbonyl (C=O) groups is 1. The van der Waals surface area contributed by atoms with Crippen molar-refractivity contribution in [3.05, 3.63) is 0 Å². The van der Waals surface area contributed by atoms with Gasteiger partial charge in [0.15, 0.2) is 0 Å². The van der Waals surface area contributed by atoms with Crippen LogP contribution in [0.5, 0.6) is 0 Å². The molecule has 0 heterocycles. The summed E-state index contributed by atoms with van der Waals surface area (Å²) in [5.74, 6) is -1.01. The molecule has 3 nitrogen and oxygen atoms in total. The summed E-state index contributed by atoms with van der Waals surface area (Å²) in [4.78, 5) is 10.5. The van der Waals surface area contributed by atoms with Gasteiger partial charge in [-0.2, -0.15) is 0 Å². The van der Waals surface area contributed by atoms with Gasteiger partial charge < -0.3 is 10.4 Å². The third kappa shape index (κ3) is 5.64. The van der Waals surface area contributed by atoms with Crippen molar-refractivity contribution in [3.63, 3.8) is 0 Å². The summed E-state index contributed by atoms with van der Waals surface area (Å²) in [7, 11) is 0. The van der Waals surface area contributed by atoms with Crippen molar-refractivity contribution in [2.45, 2.75) is 46.1 Å². The lowest BCUT2D eigenvalue weighted by atomic mass is 10.1. The van der Waals surface area contributed by atoms with Crippen LogP contribution in [0.25, 0.3) is 0 Å². The van der Waals surface area contributed by atoms with Crippen molar-refractivity contribution in [1.29, 1.82) is 0 Å². The van der Waals surface area contributed by atoms with Gasteiger partial charge in [-0.05, 0) is 12.8 Å². The smallest absolute Gasteiger partial charge is 0.307 e. The highest BCUT2D eigenvalue weighted by Gasteiger charge is 2.12. The summed E-state index contributed by atoms with van der Waals surface area (Å²) in [6.45, 7) is 6.57. The van der Waals surface area contributed by atoms with E-state index in [9.17, 15) is 4.79 Å². The molecule has 0 aliphatic rings. The van der Waals surface area contributed by atoms with Gasteiger partial charge in [-0.3, -0.25) is 4.79 Å². The first-order valence-corrected chi connectivity index (χ1v) is 5.07. The lowest BCUT2D eigenvalue weighted by molar-refractivity contribution is -0.141. The number of carboxylic acid groups (broad SMARTS) is 1. The average Bonchev–Trinajstić information content (AvgIpc) is 2.11. The summed E-state index contributed by atoms with van der Waals surface area (Å²) in [5, 5.41) is 11.9. The molecule has 2 atom stereocenters. The molecule has 0 rings (SSSR count). The quantitative estimate of drug-likeness (QED) is 0.639. The van der Waals surface area contributed by atoms with Crippen molar-refractivity contribution in [1.82, 2.24) is 5.32 Å². The van der Waals surface area contributed by atoms with E-state index in [4.69, 9.17) is 5.11 Å². The Bertz CT molecular complexity index is 148. The van der Waals surface area contributed by atoms with E-state index < -0.39 is 5.97 Å². The van der Waals surface area contributed by atoms with Gasteiger partial charge in [0, 0.05) is 12.6 Å². The van der Waals surface area contributed by atoms with E-state index >= 15 is 0 Å². The standard InChI is InChI=1S/C10H21NO2/c1-4-6-9(5-2)11-7-8(3)10(12)13/h8-9,11H,4-7H2,1-3H3,(H,12,13).